The number of hydrogen-bond donors (Lipinski definition) is 1. The van der Waals surface area contributed by atoms with Gasteiger partial charge in [-0.15, -0.1) is 0 Å². The molecule has 3 unspecified atom stereocenters. The van der Waals surface area contributed by atoms with Gasteiger partial charge in [0.1, 0.15) is 24.6 Å². The minimum absolute atomic E-state index is 0.0437. The van der Waals surface area contributed by atoms with Gasteiger partial charge in [-0.25, -0.2) is 4.39 Å². The predicted molar refractivity (Wildman–Crippen MR) is 175 cm³/mol. The van der Waals surface area contributed by atoms with E-state index < -0.39 is 12.3 Å². The molecule has 0 amide bonds. The SMILES string of the molecule is O[C@@H](COc1cccc2cc3ccccc3cc12)CN1CCN(C2c3ccccc3C(F)C(C3CC3)c3ccccc32)CC1. The van der Waals surface area contributed by atoms with Crippen LogP contribution in [0.25, 0.3) is 21.5 Å². The number of benzene rings is 5. The van der Waals surface area contributed by atoms with Gasteiger partial charge in [0.05, 0.1) is 6.04 Å². The van der Waals surface area contributed by atoms with E-state index in [-0.39, 0.29) is 18.6 Å². The van der Waals surface area contributed by atoms with Gasteiger partial charge in [-0.2, -0.15) is 0 Å². The molecule has 2 fully saturated rings. The van der Waals surface area contributed by atoms with Crippen molar-refractivity contribution in [2.75, 3.05) is 39.3 Å². The molecule has 5 heteroatoms. The smallest absolute Gasteiger partial charge is 0.133 e. The molecule has 2 aliphatic carbocycles. The van der Waals surface area contributed by atoms with Crippen LogP contribution < -0.4 is 4.74 Å². The number of aliphatic hydroxyl groups excluding tert-OH is 1. The van der Waals surface area contributed by atoms with Gasteiger partial charge in [0, 0.05) is 44.0 Å². The van der Waals surface area contributed by atoms with E-state index in [1.807, 2.05) is 24.3 Å². The topological polar surface area (TPSA) is 35.9 Å². The number of hydrogen-bond acceptors (Lipinski definition) is 4. The largest absolute Gasteiger partial charge is 0.490 e. The number of β-amino-alcohol motifs (C(OH)–C–C–N with tert-alkyl or cyclic N) is 1. The fourth-order valence-corrected chi connectivity index (χ4v) is 7.74. The van der Waals surface area contributed by atoms with Gasteiger partial charge in [-0.05, 0) is 75.4 Å². The zero-order chi connectivity index (χ0) is 29.6. The Morgan fingerprint density at radius 1 is 0.705 bits per heavy atom. The molecule has 1 saturated carbocycles. The number of ether oxygens (including phenoxy) is 1. The summed E-state index contributed by atoms with van der Waals surface area (Å²) in [5.41, 5.74) is 4.43. The summed E-state index contributed by atoms with van der Waals surface area (Å²) in [6.45, 7) is 4.24. The maximum atomic E-state index is 16.3. The summed E-state index contributed by atoms with van der Waals surface area (Å²) in [4.78, 5) is 4.86. The Balaban J connectivity index is 0.956. The second-order valence-electron chi connectivity index (χ2n) is 12.9. The highest BCUT2D eigenvalue weighted by Gasteiger charge is 2.44. The first-order chi connectivity index (χ1) is 21.6. The Kier molecular flexibility index (Phi) is 7.33. The highest BCUT2D eigenvalue weighted by Crippen LogP contribution is 2.55. The van der Waals surface area contributed by atoms with E-state index in [1.54, 1.807) is 0 Å². The average Bonchev–Trinajstić information content (AvgIpc) is 3.90. The van der Waals surface area contributed by atoms with Gasteiger partial charge in [0.25, 0.3) is 0 Å². The van der Waals surface area contributed by atoms with Gasteiger partial charge >= 0.3 is 0 Å². The van der Waals surface area contributed by atoms with Crippen LogP contribution in [0.3, 0.4) is 0 Å². The number of alkyl halides is 1. The van der Waals surface area contributed by atoms with Gasteiger partial charge in [-0.3, -0.25) is 9.80 Å². The Labute approximate surface area is 258 Å². The quantitative estimate of drug-likeness (QED) is 0.199. The van der Waals surface area contributed by atoms with E-state index >= 15 is 4.39 Å². The van der Waals surface area contributed by atoms with Crippen molar-refractivity contribution in [3.63, 3.8) is 0 Å². The second-order valence-corrected chi connectivity index (χ2v) is 12.9. The number of rotatable bonds is 7. The minimum atomic E-state index is -0.971. The molecule has 8 rings (SSSR count). The third kappa shape index (κ3) is 5.17. The molecule has 0 bridgehead atoms. The van der Waals surface area contributed by atoms with E-state index in [2.05, 4.69) is 88.7 Å². The van der Waals surface area contributed by atoms with E-state index in [0.29, 0.717) is 12.5 Å². The lowest BCUT2D eigenvalue weighted by Crippen LogP contribution is -2.50. The van der Waals surface area contributed by atoms with Gasteiger partial charge in [-0.1, -0.05) is 84.9 Å². The average molecular weight is 587 g/mol. The fraction of sp³-hybridized carbons (Fsp3) is 0.333. The Morgan fingerprint density at radius 2 is 1.32 bits per heavy atom. The third-order valence-electron chi connectivity index (χ3n) is 10.1. The number of aliphatic hydroxyl groups is 1. The van der Waals surface area contributed by atoms with Crippen LogP contribution in [0.4, 0.5) is 4.39 Å². The monoisotopic (exact) mass is 586 g/mol. The lowest BCUT2D eigenvalue weighted by Gasteiger charge is -2.40. The molecule has 1 saturated heterocycles. The molecule has 0 spiro atoms. The van der Waals surface area contributed by atoms with Crippen molar-refractivity contribution in [3.8, 4) is 5.75 Å². The van der Waals surface area contributed by atoms with Crippen molar-refractivity contribution >= 4 is 21.5 Å². The number of piperazine rings is 1. The van der Waals surface area contributed by atoms with Crippen LogP contribution >= 0.6 is 0 Å². The summed E-state index contributed by atoms with van der Waals surface area (Å²) in [7, 11) is 0. The molecule has 44 heavy (non-hydrogen) atoms. The van der Waals surface area contributed by atoms with Gasteiger partial charge in [0.15, 0.2) is 0 Å². The molecule has 5 aromatic rings. The first-order valence-electron chi connectivity index (χ1n) is 16.1. The standard InChI is InChI=1S/C39H39FN2O2/c40-38-32-12-4-6-14-34(32)39(33-13-5-3-11-31(33)37(38)26-16-17-26)42-20-18-41(19-21-42)24-30(43)25-44-36-15-7-10-29-22-27-8-1-2-9-28(27)23-35(29)36/h1-15,22-23,26,30,37-39,43H,16-21,24-25H2/t30-,37?,38?,39?/m1/s1. The molecular weight excluding hydrogens is 547 g/mol. The normalized spacial score (nSPS) is 23.2. The maximum Gasteiger partial charge on any atom is 0.133 e. The van der Waals surface area contributed by atoms with Crippen LogP contribution in [-0.4, -0.2) is 60.3 Å². The van der Waals surface area contributed by atoms with E-state index in [4.69, 9.17) is 4.74 Å². The first kappa shape index (κ1) is 27.8. The van der Waals surface area contributed by atoms with Crippen LogP contribution in [0.1, 0.15) is 53.2 Å². The van der Waals surface area contributed by atoms with Crippen LogP contribution in [-0.2, 0) is 0 Å². The van der Waals surface area contributed by atoms with E-state index in [1.165, 1.54) is 21.9 Å². The number of halogens is 1. The molecule has 0 aromatic heterocycles. The Bertz CT molecular complexity index is 1790. The molecule has 4 nitrogen and oxygen atoms in total. The molecule has 224 valence electrons. The van der Waals surface area contributed by atoms with Crippen LogP contribution in [0, 0.1) is 5.92 Å². The molecular formula is C39H39FN2O2. The Morgan fingerprint density at radius 3 is 2.05 bits per heavy atom. The summed E-state index contributed by atoms with van der Waals surface area (Å²) in [5, 5.41) is 15.6. The molecule has 5 aromatic carbocycles. The fourth-order valence-electron chi connectivity index (χ4n) is 7.74. The molecule has 3 aliphatic rings. The molecule has 0 radical (unpaired) electrons. The van der Waals surface area contributed by atoms with Crippen molar-refractivity contribution in [1.82, 2.24) is 9.80 Å². The zero-order valence-corrected chi connectivity index (χ0v) is 25.0. The highest BCUT2D eigenvalue weighted by atomic mass is 19.1. The van der Waals surface area contributed by atoms with Crippen molar-refractivity contribution in [1.29, 1.82) is 0 Å². The van der Waals surface area contributed by atoms with Crippen LogP contribution in [0.5, 0.6) is 5.75 Å². The highest BCUT2D eigenvalue weighted by molar-refractivity contribution is 6.00. The predicted octanol–water partition coefficient (Wildman–Crippen LogP) is 7.66. The van der Waals surface area contributed by atoms with Crippen molar-refractivity contribution in [3.05, 3.63) is 125 Å². The summed E-state index contributed by atoms with van der Waals surface area (Å²) < 4.78 is 22.5. The lowest BCUT2D eigenvalue weighted by molar-refractivity contribution is 0.0403. The van der Waals surface area contributed by atoms with Crippen LogP contribution in [0.15, 0.2) is 103 Å². The summed E-state index contributed by atoms with van der Waals surface area (Å²) in [5.74, 6) is 1.18. The first-order valence-corrected chi connectivity index (χ1v) is 16.1. The summed E-state index contributed by atoms with van der Waals surface area (Å²) in [6, 6.07) is 35.7. The van der Waals surface area contributed by atoms with E-state index in [0.717, 1.165) is 66.7 Å². The van der Waals surface area contributed by atoms with Crippen molar-refractivity contribution in [2.24, 2.45) is 5.92 Å². The molecule has 1 heterocycles. The number of nitrogens with zero attached hydrogens (tertiary/aromatic N) is 2. The molecule has 4 atom stereocenters. The lowest BCUT2D eigenvalue weighted by atomic mass is 9.85. The minimum Gasteiger partial charge on any atom is -0.490 e. The van der Waals surface area contributed by atoms with Crippen molar-refractivity contribution in [2.45, 2.75) is 37.1 Å². The maximum absolute atomic E-state index is 16.3. The van der Waals surface area contributed by atoms with Gasteiger partial charge < -0.3 is 9.84 Å². The zero-order valence-electron chi connectivity index (χ0n) is 25.0. The molecule has 1 aliphatic heterocycles. The Hall–Kier alpha value is -3.77. The van der Waals surface area contributed by atoms with Crippen LogP contribution in [0.2, 0.25) is 0 Å². The summed E-state index contributed by atoms with van der Waals surface area (Å²) in [6.07, 6.45) is 0.674. The van der Waals surface area contributed by atoms with E-state index in [9.17, 15) is 5.11 Å². The number of fused-ring (bicyclic) bond motifs is 4. The second kappa shape index (κ2) is 11.6. The third-order valence-corrected chi connectivity index (χ3v) is 10.1. The summed E-state index contributed by atoms with van der Waals surface area (Å²) >= 11 is 0. The molecule has 1 N–H and O–H groups in total. The van der Waals surface area contributed by atoms with Gasteiger partial charge in [0.2, 0.25) is 0 Å². The van der Waals surface area contributed by atoms with Crippen molar-refractivity contribution < 1.29 is 14.2 Å².